The molecule has 3 atom stereocenters. The van der Waals surface area contributed by atoms with Crippen LogP contribution in [0, 0.1) is 0 Å². The maximum atomic E-state index is 12.9. The molecule has 148 valence electrons. The summed E-state index contributed by atoms with van der Waals surface area (Å²) in [6.45, 7) is 3.98. The molecular formula is C22H24O6. The van der Waals surface area contributed by atoms with Crippen molar-refractivity contribution in [2.24, 2.45) is 0 Å². The van der Waals surface area contributed by atoms with E-state index in [9.17, 15) is 15.0 Å². The first kappa shape index (κ1) is 18.9. The highest BCUT2D eigenvalue weighted by Crippen LogP contribution is 2.51. The molecule has 0 radical (unpaired) electrons. The molecule has 1 aliphatic heterocycles. The Morgan fingerprint density at radius 2 is 2.00 bits per heavy atom. The van der Waals surface area contributed by atoms with Crippen LogP contribution in [0.15, 0.2) is 30.3 Å². The second-order valence-corrected chi connectivity index (χ2v) is 7.57. The van der Waals surface area contributed by atoms with E-state index in [1.807, 2.05) is 25.1 Å². The maximum Gasteiger partial charge on any atom is 0.185 e. The van der Waals surface area contributed by atoms with Crippen molar-refractivity contribution in [3.05, 3.63) is 58.1 Å². The van der Waals surface area contributed by atoms with Crippen LogP contribution in [0.25, 0.3) is 0 Å². The molecular weight excluding hydrogens is 360 g/mol. The lowest BCUT2D eigenvalue weighted by Gasteiger charge is -2.31. The van der Waals surface area contributed by atoms with Crippen molar-refractivity contribution in [3.63, 3.8) is 0 Å². The molecule has 0 fully saturated rings. The molecule has 0 amide bonds. The lowest BCUT2D eigenvalue weighted by molar-refractivity contribution is -0.148. The third-order valence-corrected chi connectivity index (χ3v) is 5.38. The van der Waals surface area contributed by atoms with Gasteiger partial charge in [0.15, 0.2) is 12.1 Å². The van der Waals surface area contributed by atoms with Crippen molar-refractivity contribution in [1.29, 1.82) is 0 Å². The van der Waals surface area contributed by atoms with Gasteiger partial charge in [-0.05, 0) is 31.5 Å². The van der Waals surface area contributed by atoms with Crippen LogP contribution < -0.4 is 4.74 Å². The summed E-state index contributed by atoms with van der Waals surface area (Å²) in [5.74, 6) is 0.377. The molecule has 0 unspecified atom stereocenters. The highest BCUT2D eigenvalue weighted by atomic mass is 16.7. The predicted octanol–water partition coefficient (Wildman–Crippen LogP) is 3.44. The Bertz CT molecular complexity index is 933. The Kier molecular flexibility index (Phi) is 4.65. The predicted molar refractivity (Wildman–Crippen MR) is 102 cm³/mol. The number of ketones is 1. The van der Waals surface area contributed by atoms with Gasteiger partial charge in [-0.1, -0.05) is 18.2 Å². The minimum absolute atomic E-state index is 0.00313. The number of phenols is 1. The fraction of sp³-hybridized carbons (Fsp3) is 0.409. The van der Waals surface area contributed by atoms with E-state index in [4.69, 9.17) is 14.2 Å². The van der Waals surface area contributed by atoms with Gasteiger partial charge < -0.3 is 24.4 Å². The van der Waals surface area contributed by atoms with Crippen molar-refractivity contribution in [2.75, 3.05) is 13.7 Å². The number of phenolic OH excluding ortho intramolecular Hbond substituents is 1. The highest BCUT2D eigenvalue weighted by Gasteiger charge is 2.42. The topological polar surface area (TPSA) is 85.2 Å². The summed E-state index contributed by atoms with van der Waals surface area (Å²) in [7, 11) is 1.57. The number of carbonyl (C=O) groups excluding carboxylic acids is 1. The van der Waals surface area contributed by atoms with E-state index in [1.165, 1.54) is 0 Å². The molecule has 6 nitrogen and oxygen atoms in total. The Morgan fingerprint density at radius 3 is 2.71 bits per heavy atom. The number of benzene rings is 2. The molecule has 0 saturated heterocycles. The number of aromatic hydroxyl groups is 1. The summed E-state index contributed by atoms with van der Waals surface area (Å²) >= 11 is 0. The van der Waals surface area contributed by atoms with E-state index >= 15 is 0 Å². The van der Waals surface area contributed by atoms with E-state index in [0.29, 0.717) is 35.5 Å². The Hall–Kier alpha value is -2.41. The summed E-state index contributed by atoms with van der Waals surface area (Å²) in [4.78, 5) is 12.9. The SMILES string of the molecule is CCO[C@H]1O[C@H](c2c(O)ccc3c2C(=O)C[C@](C)(O)C3)c2c(OC)cccc21. The van der Waals surface area contributed by atoms with Gasteiger partial charge in [-0.15, -0.1) is 0 Å². The van der Waals surface area contributed by atoms with Gasteiger partial charge in [0.2, 0.25) is 0 Å². The number of Topliss-reactive ketones (excluding diaryl/α,β-unsaturated/α-hetero) is 1. The zero-order valence-electron chi connectivity index (χ0n) is 16.2. The number of hydrogen-bond donors (Lipinski definition) is 2. The first-order chi connectivity index (χ1) is 13.4. The first-order valence-electron chi connectivity index (χ1n) is 9.40. The quantitative estimate of drug-likeness (QED) is 0.840. The molecule has 6 heteroatoms. The minimum atomic E-state index is -1.10. The molecule has 0 spiro atoms. The van der Waals surface area contributed by atoms with E-state index in [2.05, 4.69) is 0 Å². The Labute approximate surface area is 163 Å². The molecule has 2 aromatic carbocycles. The van der Waals surface area contributed by atoms with Crippen LogP contribution in [0.3, 0.4) is 0 Å². The fourth-order valence-electron chi connectivity index (χ4n) is 4.29. The molecule has 28 heavy (non-hydrogen) atoms. The van der Waals surface area contributed by atoms with Crippen LogP contribution in [0.5, 0.6) is 11.5 Å². The molecule has 1 aliphatic carbocycles. The molecule has 1 heterocycles. The lowest BCUT2D eigenvalue weighted by atomic mass is 9.77. The van der Waals surface area contributed by atoms with Crippen molar-refractivity contribution in [1.82, 2.24) is 0 Å². The summed E-state index contributed by atoms with van der Waals surface area (Å²) in [5, 5.41) is 21.1. The molecule has 4 rings (SSSR count). The zero-order valence-corrected chi connectivity index (χ0v) is 16.2. The van der Waals surface area contributed by atoms with Gasteiger partial charge in [-0.2, -0.15) is 0 Å². The number of fused-ring (bicyclic) bond motifs is 2. The van der Waals surface area contributed by atoms with Crippen LogP contribution in [-0.2, 0) is 15.9 Å². The molecule has 0 saturated carbocycles. The highest BCUT2D eigenvalue weighted by molar-refractivity contribution is 6.01. The number of carbonyl (C=O) groups is 1. The third-order valence-electron chi connectivity index (χ3n) is 5.38. The zero-order chi connectivity index (χ0) is 20.1. The maximum absolute atomic E-state index is 12.9. The first-order valence-corrected chi connectivity index (χ1v) is 9.40. The van der Waals surface area contributed by atoms with Crippen molar-refractivity contribution in [2.45, 2.75) is 44.7 Å². The third kappa shape index (κ3) is 2.98. The minimum Gasteiger partial charge on any atom is -0.508 e. The van der Waals surface area contributed by atoms with Gasteiger partial charge in [0.1, 0.15) is 17.6 Å². The van der Waals surface area contributed by atoms with Crippen LogP contribution >= 0.6 is 0 Å². The molecule has 0 aromatic heterocycles. The number of ether oxygens (including phenoxy) is 3. The normalized spacial score (nSPS) is 26.1. The summed E-state index contributed by atoms with van der Waals surface area (Å²) in [6, 6.07) is 8.82. The number of methoxy groups -OCH3 is 1. The molecule has 2 aliphatic rings. The summed E-state index contributed by atoms with van der Waals surface area (Å²) in [6.07, 6.45) is -0.986. The van der Waals surface area contributed by atoms with E-state index in [1.54, 1.807) is 26.2 Å². The second-order valence-electron chi connectivity index (χ2n) is 7.57. The van der Waals surface area contributed by atoms with Gasteiger partial charge >= 0.3 is 0 Å². The van der Waals surface area contributed by atoms with Crippen LogP contribution in [0.1, 0.15) is 65.3 Å². The van der Waals surface area contributed by atoms with Crippen LogP contribution in [0.4, 0.5) is 0 Å². The number of rotatable bonds is 4. The lowest BCUT2D eigenvalue weighted by Crippen LogP contribution is -2.36. The standard InChI is InChI=1S/C22H24O6/c1-4-27-21-13-6-5-7-16(26-3)18(13)20(28-21)19-14(23)9-8-12-10-22(2,25)11-15(24)17(12)19/h5-9,20-21,23,25H,4,10-11H2,1-3H3/t20-,21-,22+/m0/s1. The van der Waals surface area contributed by atoms with Gasteiger partial charge in [-0.25, -0.2) is 0 Å². The van der Waals surface area contributed by atoms with Crippen LogP contribution in [0.2, 0.25) is 0 Å². The molecule has 0 bridgehead atoms. The van der Waals surface area contributed by atoms with Gasteiger partial charge in [-0.3, -0.25) is 4.79 Å². The van der Waals surface area contributed by atoms with E-state index in [-0.39, 0.29) is 18.0 Å². The van der Waals surface area contributed by atoms with E-state index in [0.717, 1.165) is 11.1 Å². The van der Waals surface area contributed by atoms with Gasteiger partial charge in [0.05, 0.1) is 12.7 Å². The van der Waals surface area contributed by atoms with Crippen molar-refractivity contribution in [3.8, 4) is 11.5 Å². The Balaban J connectivity index is 1.91. The van der Waals surface area contributed by atoms with E-state index < -0.39 is 18.0 Å². The number of aliphatic hydroxyl groups is 1. The van der Waals surface area contributed by atoms with Crippen molar-refractivity contribution >= 4 is 5.78 Å². The molecule has 2 N–H and O–H groups in total. The van der Waals surface area contributed by atoms with Crippen molar-refractivity contribution < 1.29 is 29.2 Å². The van der Waals surface area contributed by atoms with Gasteiger partial charge in [0.25, 0.3) is 0 Å². The smallest absolute Gasteiger partial charge is 0.185 e. The second kappa shape index (κ2) is 6.88. The van der Waals surface area contributed by atoms with Gasteiger partial charge in [0, 0.05) is 41.7 Å². The average Bonchev–Trinajstić information content (AvgIpc) is 3.00. The average molecular weight is 384 g/mol. The summed E-state index contributed by atoms with van der Waals surface area (Å²) < 4.78 is 17.4. The largest absolute Gasteiger partial charge is 0.508 e. The monoisotopic (exact) mass is 384 g/mol. The molecule has 2 aromatic rings. The Morgan fingerprint density at radius 1 is 1.21 bits per heavy atom. The number of hydrogen-bond acceptors (Lipinski definition) is 6. The fourth-order valence-corrected chi connectivity index (χ4v) is 4.29. The van der Waals surface area contributed by atoms with Crippen LogP contribution in [-0.4, -0.2) is 35.3 Å². The summed E-state index contributed by atoms with van der Waals surface area (Å²) in [5.41, 5.74) is 2.00.